The fourth-order valence-corrected chi connectivity index (χ4v) is 3.82. The van der Waals surface area contributed by atoms with Crippen LogP contribution in [0.15, 0.2) is 59.6 Å². The Morgan fingerprint density at radius 1 is 1.13 bits per heavy atom. The van der Waals surface area contributed by atoms with Crippen LogP contribution in [0.2, 0.25) is 0 Å². The maximum atomic E-state index is 12.7. The number of carbonyl (C=O) groups excluding carboxylic acids is 1. The minimum Gasteiger partial charge on any atom is -0.491 e. The molecule has 0 aliphatic rings. The summed E-state index contributed by atoms with van der Waals surface area (Å²) in [6, 6.07) is 12.7. The van der Waals surface area contributed by atoms with Gasteiger partial charge in [-0.05, 0) is 61.0 Å². The van der Waals surface area contributed by atoms with Gasteiger partial charge in [0, 0.05) is 19.0 Å². The number of nitrogens with one attached hydrogen (secondary N) is 1. The van der Waals surface area contributed by atoms with Crippen LogP contribution in [-0.2, 0) is 14.8 Å². The van der Waals surface area contributed by atoms with Crippen LogP contribution in [0.3, 0.4) is 0 Å². The van der Waals surface area contributed by atoms with Crippen molar-refractivity contribution in [2.75, 3.05) is 25.0 Å². The number of benzene rings is 2. The third-order valence-electron chi connectivity index (χ3n) is 4.23. The van der Waals surface area contributed by atoms with Crippen molar-refractivity contribution < 1.29 is 22.7 Å². The molecule has 0 radical (unpaired) electrons. The van der Waals surface area contributed by atoms with Crippen molar-refractivity contribution >= 4 is 21.6 Å². The molecule has 0 aliphatic heterocycles. The number of hydrogen-bond donors (Lipinski definition) is 2. The lowest BCUT2D eigenvalue weighted by molar-refractivity contribution is 0.0995. The third-order valence-corrected chi connectivity index (χ3v) is 5.61. The number of ether oxygens (including phenoxy) is 2. The highest BCUT2D eigenvalue weighted by Crippen LogP contribution is 2.24. The van der Waals surface area contributed by atoms with Gasteiger partial charge in [0.2, 0.25) is 0 Å². The van der Waals surface area contributed by atoms with Gasteiger partial charge >= 0.3 is 0 Å². The minimum atomic E-state index is -3.78. The lowest BCUT2D eigenvalue weighted by Crippen LogP contribution is -2.14. The van der Waals surface area contributed by atoms with Gasteiger partial charge in [0.05, 0.1) is 17.2 Å². The van der Waals surface area contributed by atoms with Crippen molar-refractivity contribution in [1.29, 1.82) is 0 Å². The molecular formula is C20H22N4O5S. The number of aromatic nitrogens is 2. The van der Waals surface area contributed by atoms with E-state index in [2.05, 4.69) is 9.82 Å². The van der Waals surface area contributed by atoms with Gasteiger partial charge in [-0.25, -0.2) is 13.1 Å². The molecular weight excluding hydrogens is 408 g/mol. The number of rotatable bonds is 9. The summed E-state index contributed by atoms with van der Waals surface area (Å²) in [6.07, 6.45) is 1.60. The number of hydrogen-bond acceptors (Lipinski definition) is 6. The maximum absolute atomic E-state index is 12.7. The molecule has 30 heavy (non-hydrogen) atoms. The summed E-state index contributed by atoms with van der Waals surface area (Å²) in [5.41, 5.74) is 7.08. The summed E-state index contributed by atoms with van der Waals surface area (Å²) in [4.78, 5) is 11.3. The summed E-state index contributed by atoms with van der Waals surface area (Å²) in [5.74, 6) is -0.0200. The summed E-state index contributed by atoms with van der Waals surface area (Å²) in [5, 5.41) is 4.06. The van der Waals surface area contributed by atoms with Crippen LogP contribution in [0, 0.1) is 6.92 Å². The Morgan fingerprint density at radius 2 is 1.87 bits per heavy atom. The first-order chi connectivity index (χ1) is 14.3. The highest BCUT2D eigenvalue weighted by atomic mass is 32.2. The van der Waals surface area contributed by atoms with E-state index in [1.165, 1.54) is 16.8 Å². The second-order valence-electron chi connectivity index (χ2n) is 6.43. The van der Waals surface area contributed by atoms with E-state index >= 15 is 0 Å². The van der Waals surface area contributed by atoms with Crippen LogP contribution in [-0.4, -0.2) is 44.4 Å². The van der Waals surface area contributed by atoms with Gasteiger partial charge in [0.1, 0.15) is 18.1 Å². The predicted octanol–water partition coefficient (Wildman–Crippen LogP) is 2.11. The van der Waals surface area contributed by atoms with Gasteiger partial charge in [-0.15, -0.1) is 0 Å². The molecule has 0 bridgehead atoms. The number of sulfonamides is 1. The molecule has 3 aromatic rings. The van der Waals surface area contributed by atoms with Gasteiger partial charge in [0.25, 0.3) is 15.9 Å². The average Bonchev–Trinajstić information content (AvgIpc) is 3.20. The van der Waals surface area contributed by atoms with Crippen LogP contribution in [0.1, 0.15) is 16.1 Å². The number of methoxy groups -OCH3 is 1. The van der Waals surface area contributed by atoms with Gasteiger partial charge < -0.3 is 15.2 Å². The van der Waals surface area contributed by atoms with Crippen LogP contribution in [0.5, 0.6) is 5.75 Å². The van der Waals surface area contributed by atoms with Crippen molar-refractivity contribution in [1.82, 2.24) is 9.78 Å². The van der Waals surface area contributed by atoms with Crippen molar-refractivity contribution in [3.63, 3.8) is 0 Å². The van der Waals surface area contributed by atoms with Crippen LogP contribution < -0.4 is 15.2 Å². The Labute approximate surface area is 174 Å². The minimum absolute atomic E-state index is 0.126. The van der Waals surface area contributed by atoms with Crippen molar-refractivity contribution in [2.24, 2.45) is 5.73 Å². The summed E-state index contributed by atoms with van der Waals surface area (Å²) >= 11 is 0. The number of anilines is 1. The molecule has 0 spiro atoms. The molecule has 9 nitrogen and oxygen atoms in total. The first kappa shape index (κ1) is 21.3. The second kappa shape index (κ2) is 8.97. The maximum Gasteiger partial charge on any atom is 0.269 e. The van der Waals surface area contributed by atoms with E-state index in [1.54, 1.807) is 56.6 Å². The van der Waals surface area contributed by atoms with Crippen LogP contribution >= 0.6 is 0 Å². The zero-order valence-corrected chi connectivity index (χ0v) is 17.3. The number of carbonyl (C=O) groups is 1. The fourth-order valence-electron chi connectivity index (χ4n) is 2.68. The van der Waals surface area contributed by atoms with Crippen LogP contribution in [0.4, 0.5) is 5.69 Å². The van der Waals surface area contributed by atoms with Gasteiger partial charge in [-0.1, -0.05) is 0 Å². The number of amides is 1. The topological polar surface area (TPSA) is 126 Å². The SMILES string of the molecule is COCCOc1ccc(S(=O)(=O)Nc2ccc(-n3ccc(C(N)=O)n3)cc2)cc1C. The van der Waals surface area contributed by atoms with Gasteiger partial charge in [0.15, 0.2) is 0 Å². The predicted molar refractivity (Wildman–Crippen MR) is 111 cm³/mol. The van der Waals surface area contributed by atoms with E-state index in [4.69, 9.17) is 15.2 Å². The first-order valence-electron chi connectivity index (χ1n) is 9.01. The molecule has 3 rings (SSSR count). The monoisotopic (exact) mass is 430 g/mol. The lowest BCUT2D eigenvalue weighted by Gasteiger charge is -2.12. The number of aryl methyl sites for hydroxylation is 1. The summed E-state index contributed by atoms with van der Waals surface area (Å²) in [6.45, 7) is 2.60. The lowest BCUT2D eigenvalue weighted by atomic mass is 10.2. The number of nitrogens with zero attached hydrogens (tertiary/aromatic N) is 2. The highest BCUT2D eigenvalue weighted by molar-refractivity contribution is 7.92. The first-order valence-corrected chi connectivity index (χ1v) is 10.5. The zero-order valence-electron chi connectivity index (χ0n) is 16.5. The van der Waals surface area contributed by atoms with Crippen molar-refractivity contribution in [2.45, 2.75) is 11.8 Å². The van der Waals surface area contributed by atoms with E-state index in [0.717, 1.165) is 0 Å². The van der Waals surface area contributed by atoms with E-state index in [-0.39, 0.29) is 10.6 Å². The van der Waals surface area contributed by atoms with E-state index in [0.29, 0.717) is 35.9 Å². The molecule has 10 heteroatoms. The molecule has 0 fully saturated rings. The summed E-state index contributed by atoms with van der Waals surface area (Å²) in [7, 11) is -2.20. The largest absolute Gasteiger partial charge is 0.491 e. The molecule has 1 heterocycles. The molecule has 0 saturated heterocycles. The molecule has 3 N–H and O–H groups in total. The molecule has 2 aromatic carbocycles. The molecule has 0 atom stereocenters. The van der Waals surface area contributed by atoms with Gasteiger partial charge in [-0.3, -0.25) is 9.52 Å². The molecule has 0 aliphatic carbocycles. The molecule has 0 saturated carbocycles. The fraction of sp³-hybridized carbons (Fsp3) is 0.200. The van der Waals surface area contributed by atoms with E-state index < -0.39 is 15.9 Å². The second-order valence-corrected chi connectivity index (χ2v) is 8.11. The van der Waals surface area contributed by atoms with E-state index in [9.17, 15) is 13.2 Å². The Morgan fingerprint density at radius 3 is 2.47 bits per heavy atom. The molecule has 1 amide bonds. The van der Waals surface area contributed by atoms with E-state index in [1.807, 2.05) is 0 Å². The molecule has 158 valence electrons. The molecule has 0 unspecified atom stereocenters. The Bertz CT molecular complexity index is 1140. The Balaban J connectivity index is 1.73. The highest BCUT2D eigenvalue weighted by Gasteiger charge is 2.16. The number of primary amides is 1. The summed E-state index contributed by atoms with van der Waals surface area (Å²) < 4.78 is 40.0. The molecule has 1 aromatic heterocycles. The van der Waals surface area contributed by atoms with Gasteiger partial charge in [-0.2, -0.15) is 5.10 Å². The standard InChI is InChI=1S/C20H22N4O5S/c1-14-13-17(7-8-19(14)29-12-11-28-2)30(26,27)23-15-3-5-16(6-4-15)24-10-9-18(22-24)20(21)25/h3-10,13,23H,11-12H2,1-2H3,(H2,21,25). The van der Waals surface area contributed by atoms with Crippen LogP contribution in [0.25, 0.3) is 5.69 Å². The number of nitrogens with two attached hydrogens (primary N) is 1. The zero-order chi connectivity index (χ0) is 21.7. The Hall–Kier alpha value is -3.37. The Kier molecular flexibility index (Phi) is 6.38. The average molecular weight is 430 g/mol. The van der Waals surface area contributed by atoms with Crippen molar-refractivity contribution in [3.05, 3.63) is 66.0 Å². The third kappa shape index (κ3) is 4.97. The normalized spacial score (nSPS) is 11.3. The smallest absolute Gasteiger partial charge is 0.269 e. The quantitative estimate of drug-likeness (QED) is 0.501. The van der Waals surface area contributed by atoms with Crippen molar-refractivity contribution in [3.8, 4) is 11.4 Å².